The van der Waals surface area contributed by atoms with Gasteiger partial charge in [0.2, 0.25) is 15.9 Å². The second kappa shape index (κ2) is 9.27. The van der Waals surface area contributed by atoms with Gasteiger partial charge in [-0.3, -0.25) is 13.9 Å². The fourth-order valence-corrected chi connectivity index (χ4v) is 3.97. The van der Waals surface area contributed by atoms with Crippen LogP contribution in [0.2, 0.25) is 0 Å². The van der Waals surface area contributed by atoms with E-state index in [0.717, 1.165) is 10.6 Å². The molecule has 9 heteroatoms. The molecule has 1 fully saturated rings. The molecule has 0 N–H and O–H groups in total. The lowest BCUT2D eigenvalue weighted by molar-refractivity contribution is -0.148. The Kier molecular flexibility index (Phi) is 7.29. The second-order valence-electron chi connectivity index (χ2n) is 7.11. The second-order valence-corrected chi connectivity index (χ2v) is 9.02. The summed E-state index contributed by atoms with van der Waals surface area (Å²) in [4.78, 5) is 25.9. The minimum atomic E-state index is -3.64. The van der Waals surface area contributed by atoms with E-state index in [9.17, 15) is 18.0 Å². The molecular formula is C19H28N2O6S. The van der Waals surface area contributed by atoms with Gasteiger partial charge in [0.25, 0.3) is 0 Å². The number of ether oxygens (including phenoxy) is 2. The van der Waals surface area contributed by atoms with Gasteiger partial charge in [0.05, 0.1) is 31.1 Å². The third-order valence-corrected chi connectivity index (χ3v) is 5.70. The number of rotatable bonds is 7. The molecule has 8 nitrogen and oxygen atoms in total. The van der Waals surface area contributed by atoms with E-state index in [-0.39, 0.29) is 30.4 Å². The van der Waals surface area contributed by atoms with Crippen LogP contribution >= 0.6 is 0 Å². The molecular weight excluding hydrogens is 384 g/mol. The van der Waals surface area contributed by atoms with Crippen molar-refractivity contribution in [1.29, 1.82) is 0 Å². The molecule has 1 saturated heterocycles. The van der Waals surface area contributed by atoms with Crippen molar-refractivity contribution in [2.45, 2.75) is 32.8 Å². The lowest BCUT2D eigenvalue weighted by Crippen LogP contribution is -2.46. The Labute approximate surface area is 166 Å². The largest absolute Gasteiger partial charge is 0.491 e. The number of likely N-dealkylation sites (tertiary alicyclic amines) is 1. The summed E-state index contributed by atoms with van der Waals surface area (Å²) >= 11 is 0. The van der Waals surface area contributed by atoms with Gasteiger partial charge >= 0.3 is 5.97 Å². The highest BCUT2D eigenvalue weighted by Gasteiger charge is 2.30. The van der Waals surface area contributed by atoms with Crippen LogP contribution in [0.15, 0.2) is 24.3 Å². The first-order valence-electron chi connectivity index (χ1n) is 9.22. The van der Waals surface area contributed by atoms with E-state index in [1.165, 1.54) is 7.11 Å². The average molecular weight is 413 g/mol. The van der Waals surface area contributed by atoms with Gasteiger partial charge in [-0.05, 0) is 51.0 Å². The van der Waals surface area contributed by atoms with Crippen molar-refractivity contribution in [3.05, 3.63) is 24.3 Å². The topological polar surface area (TPSA) is 93.2 Å². The molecule has 0 aliphatic carbocycles. The van der Waals surface area contributed by atoms with Gasteiger partial charge in [0.15, 0.2) is 0 Å². The first-order chi connectivity index (χ1) is 13.1. The maximum atomic E-state index is 12.7. The quantitative estimate of drug-likeness (QED) is 0.632. The number of nitrogens with zero attached hydrogens (tertiary/aromatic N) is 2. The SMILES string of the molecule is COC(=O)C1CCN(C(=O)CN(c2ccc(OC(C)C)cc2)S(C)(=O)=O)CC1. The van der Waals surface area contributed by atoms with Crippen molar-refractivity contribution in [3.8, 4) is 5.75 Å². The van der Waals surface area contributed by atoms with Crippen LogP contribution in [0.3, 0.4) is 0 Å². The van der Waals surface area contributed by atoms with E-state index in [4.69, 9.17) is 9.47 Å². The summed E-state index contributed by atoms with van der Waals surface area (Å²) in [7, 11) is -2.30. The molecule has 2 rings (SSSR count). The summed E-state index contributed by atoms with van der Waals surface area (Å²) < 4.78 is 35.9. The zero-order chi connectivity index (χ0) is 20.9. The number of methoxy groups -OCH3 is 1. The van der Waals surface area contributed by atoms with Crippen LogP contribution in [0.5, 0.6) is 5.75 Å². The number of esters is 1. The minimum absolute atomic E-state index is 0.00589. The predicted molar refractivity (Wildman–Crippen MR) is 106 cm³/mol. The van der Waals surface area contributed by atoms with Crippen LogP contribution in [0.4, 0.5) is 5.69 Å². The van der Waals surface area contributed by atoms with E-state index in [1.807, 2.05) is 13.8 Å². The van der Waals surface area contributed by atoms with Crippen molar-refractivity contribution < 1.29 is 27.5 Å². The molecule has 0 atom stereocenters. The van der Waals surface area contributed by atoms with Crippen LogP contribution in [0, 0.1) is 5.92 Å². The Bertz CT molecular complexity index is 783. The van der Waals surface area contributed by atoms with Crippen LogP contribution in [-0.4, -0.2) is 64.3 Å². The van der Waals surface area contributed by atoms with Crippen molar-refractivity contribution in [2.75, 3.05) is 37.3 Å². The van der Waals surface area contributed by atoms with Gasteiger partial charge in [-0.2, -0.15) is 0 Å². The molecule has 1 aliphatic heterocycles. The molecule has 1 aliphatic rings. The number of hydrogen-bond donors (Lipinski definition) is 0. The summed E-state index contributed by atoms with van der Waals surface area (Å²) in [6, 6.07) is 6.60. The van der Waals surface area contributed by atoms with E-state index in [0.29, 0.717) is 37.4 Å². The smallest absolute Gasteiger partial charge is 0.308 e. The number of piperidine rings is 1. The van der Waals surface area contributed by atoms with Crippen LogP contribution in [0.1, 0.15) is 26.7 Å². The maximum Gasteiger partial charge on any atom is 0.308 e. The van der Waals surface area contributed by atoms with Crippen LogP contribution < -0.4 is 9.04 Å². The fourth-order valence-electron chi connectivity index (χ4n) is 3.12. The maximum absolute atomic E-state index is 12.7. The summed E-state index contributed by atoms with van der Waals surface area (Å²) in [6.07, 6.45) is 2.10. The Balaban J connectivity index is 2.07. The lowest BCUT2D eigenvalue weighted by Gasteiger charge is -2.32. The van der Waals surface area contributed by atoms with Gasteiger partial charge in [-0.1, -0.05) is 0 Å². The van der Waals surface area contributed by atoms with E-state index in [2.05, 4.69) is 0 Å². The molecule has 0 bridgehead atoms. The first kappa shape index (κ1) is 22.0. The predicted octanol–water partition coefficient (Wildman–Crippen LogP) is 1.65. The summed E-state index contributed by atoms with van der Waals surface area (Å²) in [5.74, 6) is -0.151. The van der Waals surface area contributed by atoms with E-state index in [1.54, 1.807) is 29.2 Å². The van der Waals surface area contributed by atoms with Gasteiger partial charge in [-0.25, -0.2) is 8.42 Å². The number of sulfonamides is 1. The molecule has 0 radical (unpaired) electrons. The molecule has 1 heterocycles. The molecule has 1 aromatic rings. The average Bonchev–Trinajstić information content (AvgIpc) is 2.65. The highest BCUT2D eigenvalue weighted by molar-refractivity contribution is 7.92. The third-order valence-electron chi connectivity index (χ3n) is 4.56. The molecule has 1 amide bonds. The number of amides is 1. The molecule has 156 valence electrons. The molecule has 0 aromatic heterocycles. The summed E-state index contributed by atoms with van der Waals surface area (Å²) in [5.41, 5.74) is 0.399. The number of carbonyl (C=O) groups excluding carboxylic acids is 2. The number of hydrogen-bond acceptors (Lipinski definition) is 6. The zero-order valence-corrected chi connectivity index (χ0v) is 17.6. The molecule has 0 saturated carbocycles. The molecule has 1 aromatic carbocycles. The van der Waals surface area contributed by atoms with Crippen molar-refractivity contribution in [3.63, 3.8) is 0 Å². The summed E-state index contributed by atoms with van der Waals surface area (Å²) in [6.45, 7) is 4.32. The first-order valence-corrected chi connectivity index (χ1v) is 11.1. The van der Waals surface area contributed by atoms with E-state index < -0.39 is 10.0 Å². The Morgan fingerprint density at radius 2 is 1.75 bits per heavy atom. The lowest BCUT2D eigenvalue weighted by atomic mass is 9.97. The monoisotopic (exact) mass is 412 g/mol. The number of anilines is 1. The Morgan fingerprint density at radius 3 is 2.21 bits per heavy atom. The zero-order valence-electron chi connectivity index (χ0n) is 16.8. The molecule has 0 unspecified atom stereocenters. The van der Waals surface area contributed by atoms with Gasteiger partial charge in [0, 0.05) is 13.1 Å². The van der Waals surface area contributed by atoms with Crippen LogP contribution in [-0.2, 0) is 24.3 Å². The highest BCUT2D eigenvalue weighted by Crippen LogP contribution is 2.23. The Morgan fingerprint density at radius 1 is 1.18 bits per heavy atom. The Hall–Kier alpha value is -2.29. The fraction of sp³-hybridized carbons (Fsp3) is 0.579. The van der Waals surface area contributed by atoms with Gasteiger partial charge in [0.1, 0.15) is 12.3 Å². The van der Waals surface area contributed by atoms with Crippen molar-refractivity contribution in [1.82, 2.24) is 4.90 Å². The van der Waals surface area contributed by atoms with Gasteiger partial charge < -0.3 is 14.4 Å². The van der Waals surface area contributed by atoms with Crippen molar-refractivity contribution >= 4 is 27.6 Å². The number of carbonyl (C=O) groups is 2. The normalized spacial score (nSPS) is 15.4. The minimum Gasteiger partial charge on any atom is -0.491 e. The van der Waals surface area contributed by atoms with Crippen LogP contribution in [0.25, 0.3) is 0 Å². The van der Waals surface area contributed by atoms with Gasteiger partial charge in [-0.15, -0.1) is 0 Å². The highest BCUT2D eigenvalue weighted by atomic mass is 32.2. The summed E-state index contributed by atoms with van der Waals surface area (Å²) in [5, 5.41) is 0. The standard InChI is InChI=1S/C19H28N2O6S/c1-14(2)27-17-7-5-16(6-8-17)21(28(4,24)25)13-18(22)20-11-9-15(10-12-20)19(23)26-3/h5-8,14-15H,9-13H2,1-4H3. The third kappa shape index (κ3) is 5.85. The van der Waals surface area contributed by atoms with Crippen molar-refractivity contribution in [2.24, 2.45) is 5.92 Å². The molecule has 28 heavy (non-hydrogen) atoms. The van der Waals surface area contributed by atoms with E-state index >= 15 is 0 Å². The number of benzene rings is 1. The molecule has 0 spiro atoms.